The summed E-state index contributed by atoms with van der Waals surface area (Å²) in [5, 5.41) is 1.19. The highest BCUT2D eigenvalue weighted by Gasteiger charge is 2.12. The molecule has 0 saturated carbocycles. The fraction of sp³-hybridized carbons (Fsp3) is 0.0417. The topological polar surface area (TPSA) is 17.8 Å². The lowest BCUT2D eigenvalue weighted by Gasteiger charge is -2.09. The Labute approximate surface area is 152 Å². The Morgan fingerprint density at radius 1 is 0.654 bits per heavy atom. The van der Waals surface area contributed by atoms with E-state index < -0.39 is 0 Å². The molecule has 0 aliphatic heterocycles. The van der Waals surface area contributed by atoms with Gasteiger partial charge in [-0.1, -0.05) is 60.2 Å². The van der Waals surface area contributed by atoms with E-state index in [0.717, 1.165) is 16.7 Å². The lowest BCUT2D eigenvalue weighted by atomic mass is 10.0. The Bertz CT molecular complexity index is 1160. The number of fused-ring (bicyclic) bond motifs is 3. The molecule has 5 rings (SSSR count). The maximum atomic E-state index is 4.61. The number of hydrogen-bond donors (Lipinski definition) is 0. The summed E-state index contributed by atoms with van der Waals surface area (Å²) in [6, 6.07) is 30.0. The summed E-state index contributed by atoms with van der Waals surface area (Å²) in [7, 11) is 0. The molecule has 124 valence electrons. The first-order valence-electron chi connectivity index (χ1n) is 8.83. The normalized spacial score (nSPS) is 11.3. The number of pyridine rings is 1. The van der Waals surface area contributed by atoms with Crippen LogP contribution in [0.3, 0.4) is 0 Å². The van der Waals surface area contributed by atoms with Crippen LogP contribution in [-0.4, -0.2) is 9.55 Å². The first-order chi connectivity index (χ1) is 12.8. The fourth-order valence-corrected chi connectivity index (χ4v) is 3.61. The Kier molecular flexibility index (Phi) is 3.36. The number of para-hydroxylation sites is 1. The predicted molar refractivity (Wildman–Crippen MR) is 109 cm³/mol. The maximum Gasteiger partial charge on any atom is 0.0963 e. The van der Waals surface area contributed by atoms with Gasteiger partial charge in [0.1, 0.15) is 0 Å². The maximum absolute atomic E-state index is 4.61. The van der Waals surface area contributed by atoms with Crippen LogP contribution in [0.25, 0.3) is 38.8 Å². The van der Waals surface area contributed by atoms with Crippen LogP contribution >= 0.6 is 0 Å². The number of hydrogen-bond acceptors (Lipinski definition) is 1. The molecule has 0 bridgehead atoms. The molecule has 0 spiro atoms. The van der Waals surface area contributed by atoms with Crippen LogP contribution in [0.5, 0.6) is 0 Å². The summed E-state index contributed by atoms with van der Waals surface area (Å²) in [4.78, 5) is 4.61. The zero-order valence-electron chi connectivity index (χ0n) is 14.6. The van der Waals surface area contributed by atoms with E-state index in [1.165, 1.54) is 27.6 Å². The van der Waals surface area contributed by atoms with Crippen LogP contribution < -0.4 is 0 Å². The van der Waals surface area contributed by atoms with Crippen LogP contribution in [0, 0.1) is 6.92 Å². The highest BCUT2D eigenvalue weighted by atomic mass is 15.0. The van der Waals surface area contributed by atoms with Gasteiger partial charge < -0.3 is 4.57 Å². The van der Waals surface area contributed by atoms with Gasteiger partial charge in [-0.15, -0.1) is 0 Å². The fourth-order valence-electron chi connectivity index (χ4n) is 3.61. The van der Waals surface area contributed by atoms with Gasteiger partial charge in [0.2, 0.25) is 0 Å². The molecule has 0 atom stereocenters. The molecule has 0 fully saturated rings. The summed E-state index contributed by atoms with van der Waals surface area (Å²) < 4.78 is 2.29. The van der Waals surface area contributed by atoms with Crippen molar-refractivity contribution in [2.45, 2.75) is 6.92 Å². The first-order valence-corrected chi connectivity index (χ1v) is 8.83. The zero-order valence-corrected chi connectivity index (χ0v) is 14.6. The van der Waals surface area contributed by atoms with Gasteiger partial charge in [-0.05, 0) is 48.4 Å². The smallest absolute Gasteiger partial charge is 0.0963 e. The van der Waals surface area contributed by atoms with Crippen LogP contribution in [0.1, 0.15) is 5.56 Å². The second-order valence-corrected chi connectivity index (χ2v) is 6.64. The van der Waals surface area contributed by atoms with Crippen LogP contribution in [0.2, 0.25) is 0 Å². The molecule has 0 unspecified atom stereocenters. The molecule has 5 aromatic rings. The minimum absolute atomic E-state index is 1.05. The number of benzene rings is 3. The van der Waals surface area contributed by atoms with Crippen LogP contribution in [0.15, 0.2) is 91.1 Å². The number of rotatable bonds is 2. The average Bonchev–Trinajstić information content (AvgIpc) is 3.03. The molecule has 0 N–H and O–H groups in total. The molecule has 3 aromatic carbocycles. The van der Waals surface area contributed by atoms with E-state index in [1.54, 1.807) is 0 Å². The largest absolute Gasteiger partial charge is 0.308 e. The van der Waals surface area contributed by atoms with Crippen LogP contribution in [0.4, 0.5) is 0 Å². The first kappa shape index (κ1) is 14.9. The van der Waals surface area contributed by atoms with Gasteiger partial charge in [0.25, 0.3) is 0 Å². The van der Waals surface area contributed by atoms with E-state index in [9.17, 15) is 0 Å². The van der Waals surface area contributed by atoms with Gasteiger partial charge in [0.15, 0.2) is 0 Å². The van der Waals surface area contributed by atoms with Gasteiger partial charge in [-0.3, -0.25) is 4.98 Å². The van der Waals surface area contributed by atoms with E-state index in [0.29, 0.717) is 0 Å². The number of nitrogens with zero attached hydrogens (tertiary/aromatic N) is 2. The van der Waals surface area contributed by atoms with E-state index in [2.05, 4.69) is 95.3 Å². The van der Waals surface area contributed by atoms with Crippen molar-refractivity contribution in [2.75, 3.05) is 0 Å². The predicted octanol–water partition coefficient (Wildman–Crippen LogP) is 6.15. The standard InChI is InChI=1S/C24H18N2/c1-17-8-10-18(11-9-17)19-12-14-20(15-13-19)26-22-6-3-2-5-21(22)24-23(26)7-4-16-25-24/h2-16H,1H3. The Balaban J connectivity index is 1.69. The molecule has 0 saturated heterocycles. The third-order valence-corrected chi connectivity index (χ3v) is 4.94. The summed E-state index contributed by atoms with van der Waals surface area (Å²) in [6.45, 7) is 2.11. The second-order valence-electron chi connectivity index (χ2n) is 6.64. The molecule has 2 aromatic heterocycles. The Morgan fingerprint density at radius 2 is 1.31 bits per heavy atom. The molecule has 0 aliphatic carbocycles. The van der Waals surface area contributed by atoms with Crippen molar-refractivity contribution in [1.82, 2.24) is 9.55 Å². The van der Waals surface area contributed by atoms with Crippen LogP contribution in [-0.2, 0) is 0 Å². The number of aryl methyl sites for hydroxylation is 1. The monoisotopic (exact) mass is 334 g/mol. The molecule has 2 nitrogen and oxygen atoms in total. The summed E-state index contributed by atoms with van der Waals surface area (Å²) in [6.07, 6.45) is 1.86. The SMILES string of the molecule is Cc1ccc(-c2ccc(-n3c4ccccc4c4ncccc43)cc2)cc1. The van der Waals surface area contributed by atoms with Crippen molar-refractivity contribution in [3.63, 3.8) is 0 Å². The lowest BCUT2D eigenvalue weighted by Crippen LogP contribution is -1.93. The third kappa shape index (κ3) is 2.31. The highest BCUT2D eigenvalue weighted by molar-refractivity contribution is 6.06. The molecule has 2 heteroatoms. The van der Waals surface area contributed by atoms with E-state index in [-0.39, 0.29) is 0 Å². The average molecular weight is 334 g/mol. The van der Waals surface area contributed by atoms with Crippen molar-refractivity contribution in [3.05, 3.63) is 96.7 Å². The van der Waals surface area contributed by atoms with Crippen molar-refractivity contribution < 1.29 is 0 Å². The van der Waals surface area contributed by atoms with E-state index >= 15 is 0 Å². The Morgan fingerprint density at radius 3 is 2.08 bits per heavy atom. The zero-order chi connectivity index (χ0) is 17.5. The molecule has 0 radical (unpaired) electrons. The number of aromatic nitrogens is 2. The quantitative estimate of drug-likeness (QED) is 0.378. The summed E-state index contributed by atoms with van der Waals surface area (Å²) >= 11 is 0. The Hall–Kier alpha value is -3.39. The minimum atomic E-state index is 1.05. The molecule has 2 heterocycles. The van der Waals surface area contributed by atoms with E-state index in [1.807, 2.05) is 12.3 Å². The summed E-state index contributed by atoms with van der Waals surface area (Å²) in [5.41, 5.74) is 8.27. The lowest BCUT2D eigenvalue weighted by molar-refractivity contribution is 1.18. The van der Waals surface area contributed by atoms with Crippen molar-refractivity contribution in [1.29, 1.82) is 0 Å². The van der Waals surface area contributed by atoms with Gasteiger partial charge in [-0.2, -0.15) is 0 Å². The molecule has 0 amide bonds. The molecule has 0 aliphatic rings. The minimum Gasteiger partial charge on any atom is -0.308 e. The van der Waals surface area contributed by atoms with Gasteiger partial charge in [-0.25, -0.2) is 0 Å². The van der Waals surface area contributed by atoms with Gasteiger partial charge in [0, 0.05) is 17.3 Å². The van der Waals surface area contributed by atoms with Crippen molar-refractivity contribution in [2.24, 2.45) is 0 Å². The molecular formula is C24H18N2. The van der Waals surface area contributed by atoms with E-state index in [4.69, 9.17) is 0 Å². The highest BCUT2D eigenvalue weighted by Crippen LogP contribution is 2.31. The van der Waals surface area contributed by atoms with Gasteiger partial charge >= 0.3 is 0 Å². The molecule has 26 heavy (non-hydrogen) atoms. The van der Waals surface area contributed by atoms with Crippen molar-refractivity contribution >= 4 is 21.9 Å². The van der Waals surface area contributed by atoms with Gasteiger partial charge in [0.05, 0.1) is 16.6 Å². The third-order valence-electron chi connectivity index (χ3n) is 4.94. The summed E-state index contributed by atoms with van der Waals surface area (Å²) in [5.74, 6) is 0. The second kappa shape index (κ2) is 5.85. The van der Waals surface area contributed by atoms with Crippen molar-refractivity contribution in [3.8, 4) is 16.8 Å². The molecular weight excluding hydrogens is 316 g/mol.